The van der Waals surface area contributed by atoms with Gasteiger partial charge in [-0.3, -0.25) is 4.79 Å². The molecule has 0 radical (unpaired) electrons. The van der Waals surface area contributed by atoms with Gasteiger partial charge >= 0.3 is 5.97 Å². The molecule has 0 fully saturated rings. The Morgan fingerprint density at radius 1 is 1.30 bits per heavy atom. The predicted molar refractivity (Wildman–Crippen MR) is 83.7 cm³/mol. The summed E-state index contributed by atoms with van der Waals surface area (Å²) in [6.07, 6.45) is 1.23. The van der Waals surface area contributed by atoms with Crippen LogP contribution in [0.4, 0.5) is 5.69 Å². The van der Waals surface area contributed by atoms with Gasteiger partial charge in [0.2, 0.25) is 0 Å². The van der Waals surface area contributed by atoms with E-state index in [4.69, 9.17) is 4.74 Å². The number of hydrogen-bond acceptors (Lipinski definition) is 4. The summed E-state index contributed by atoms with van der Waals surface area (Å²) in [5.41, 5.74) is 2.47. The number of esters is 1. The van der Waals surface area contributed by atoms with Gasteiger partial charge in [0.15, 0.2) is 0 Å². The third-order valence-electron chi connectivity index (χ3n) is 2.86. The molecule has 0 spiro atoms. The average molecular weight is 342 g/mol. The van der Waals surface area contributed by atoms with E-state index in [1.165, 1.54) is 0 Å². The third-order valence-corrected chi connectivity index (χ3v) is 3.49. The first kappa shape index (κ1) is 16.7. The monoisotopic (exact) mass is 341 g/mol. The minimum Gasteiger partial charge on any atom is -0.462 e. The number of hydrogen-bond donors (Lipinski definition) is 1. The number of ketones is 1. The molecular formula is C15H20BrNO3. The first-order valence-corrected chi connectivity index (χ1v) is 7.86. The van der Waals surface area contributed by atoms with Crippen molar-refractivity contribution in [1.82, 2.24) is 0 Å². The maximum absolute atomic E-state index is 11.8. The zero-order valence-electron chi connectivity index (χ0n) is 11.9. The Bertz CT molecular complexity index is 474. The molecule has 1 N–H and O–H groups in total. The van der Waals surface area contributed by atoms with Crippen molar-refractivity contribution in [2.75, 3.05) is 23.8 Å². The van der Waals surface area contributed by atoms with Crippen LogP contribution >= 0.6 is 15.9 Å². The molecule has 0 unspecified atom stereocenters. The highest BCUT2D eigenvalue weighted by Gasteiger charge is 2.11. The fourth-order valence-electron chi connectivity index (χ4n) is 1.82. The summed E-state index contributed by atoms with van der Waals surface area (Å²) in [4.78, 5) is 23.0. The maximum Gasteiger partial charge on any atom is 0.338 e. The minimum absolute atomic E-state index is 0.163. The molecule has 1 aromatic carbocycles. The highest BCUT2D eigenvalue weighted by molar-refractivity contribution is 9.09. The van der Waals surface area contributed by atoms with Crippen molar-refractivity contribution >= 4 is 33.4 Å². The van der Waals surface area contributed by atoms with E-state index in [0.29, 0.717) is 30.5 Å². The van der Waals surface area contributed by atoms with Gasteiger partial charge in [0.05, 0.1) is 17.5 Å². The quantitative estimate of drug-likeness (QED) is 0.582. The zero-order chi connectivity index (χ0) is 15.0. The first-order chi connectivity index (χ1) is 9.62. The highest BCUT2D eigenvalue weighted by atomic mass is 79.9. The highest BCUT2D eigenvalue weighted by Crippen LogP contribution is 2.18. The summed E-state index contributed by atoms with van der Waals surface area (Å²) in [6, 6.07) is 5.54. The lowest BCUT2D eigenvalue weighted by Gasteiger charge is -2.11. The number of nitrogens with one attached hydrogen (secondary N) is 1. The van der Waals surface area contributed by atoms with Crippen LogP contribution in [-0.2, 0) is 16.0 Å². The number of ether oxygens (including phenoxy) is 1. The largest absolute Gasteiger partial charge is 0.462 e. The Labute approximate surface area is 128 Å². The van der Waals surface area contributed by atoms with Crippen molar-refractivity contribution in [2.45, 2.75) is 26.7 Å². The van der Waals surface area contributed by atoms with E-state index in [9.17, 15) is 9.59 Å². The molecule has 5 heteroatoms. The number of carbonyl (C=O) groups excluding carboxylic acids is 2. The number of alkyl halides is 1. The summed E-state index contributed by atoms with van der Waals surface area (Å²) >= 11 is 3.14. The maximum atomic E-state index is 11.8. The molecule has 110 valence electrons. The van der Waals surface area contributed by atoms with E-state index in [1.54, 1.807) is 13.0 Å². The molecule has 0 atom stereocenters. The Morgan fingerprint density at radius 2 is 2.05 bits per heavy atom. The lowest BCUT2D eigenvalue weighted by atomic mass is 10.0. The second-order valence-corrected chi connectivity index (χ2v) is 4.86. The minimum atomic E-state index is -0.287. The van der Waals surface area contributed by atoms with Crippen LogP contribution in [0.1, 0.15) is 36.2 Å². The molecule has 0 bridgehead atoms. The van der Waals surface area contributed by atoms with E-state index in [0.717, 1.165) is 17.7 Å². The van der Waals surface area contributed by atoms with E-state index in [-0.39, 0.29) is 11.8 Å². The van der Waals surface area contributed by atoms with Crippen LogP contribution in [0.5, 0.6) is 0 Å². The van der Waals surface area contributed by atoms with Gasteiger partial charge in [0.1, 0.15) is 5.78 Å². The number of aryl methyl sites for hydroxylation is 1. The topological polar surface area (TPSA) is 55.4 Å². The summed E-state index contributed by atoms with van der Waals surface area (Å²) in [7, 11) is 0. The summed E-state index contributed by atoms with van der Waals surface area (Å²) in [5.74, 6) is -0.123. The number of carbonyl (C=O) groups is 2. The van der Waals surface area contributed by atoms with Gasteiger partial charge in [-0.05, 0) is 37.1 Å². The fourth-order valence-corrected chi connectivity index (χ4v) is 2.10. The summed E-state index contributed by atoms with van der Waals surface area (Å²) in [5, 5.41) is 3.57. The van der Waals surface area contributed by atoms with Crippen molar-refractivity contribution in [3.8, 4) is 0 Å². The smallest absolute Gasteiger partial charge is 0.338 e. The molecule has 1 aromatic rings. The molecule has 0 heterocycles. The lowest BCUT2D eigenvalue weighted by molar-refractivity contribution is -0.116. The molecule has 0 aliphatic carbocycles. The van der Waals surface area contributed by atoms with E-state index < -0.39 is 0 Å². The number of benzene rings is 1. The van der Waals surface area contributed by atoms with Gasteiger partial charge in [0, 0.05) is 18.7 Å². The zero-order valence-corrected chi connectivity index (χ0v) is 13.5. The molecule has 0 aromatic heterocycles. The normalized spacial score (nSPS) is 10.2. The number of rotatable bonds is 8. The molecule has 0 saturated heterocycles. The molecule has 0 aliphatic rings. The van der Waals surface area contributed by atoms with E-state index >= 15 is 0 Å². The van der Waals surface area contributed by atoms with Gasteiger partial charge in [0.25, 0.3) is 0 Å². The van der Waals surface area contributed by atoms with Gasteiger partial charge in [-0.15, -0.1) is 0 Å². The third kappa shape index (κ3) is 4.96. The van der Waals surface area contributed by atoms with Gasteiger partial charge in [-0.1, -0.05) is 22.9 Å². The number of anilines is 1. The standard InChI is InChI=1S/C15H20BrNO3/c1-3-11-9-12(17-8-7-13(18)10-16)5-6-14(11)15(19)20-4-2/h5-6,9,17H,3-4,7-8,10H2,1-2H3. The Morgan fingerprint density at radius 3 is 2.65 bits per heavy atom. The second-order valence-electron chi connectivity index (χ2n) is 4.30. The molecule has 1 rings (SSSR count). The molecule has 0 aliphatic heterocycles. The van der Waals surface area contributed by atoms with Crippen LogP contribution in [0.15, 0.2) is 18.2 Å². The van der Waals surface area contributed by atoms with Crippen LogP contribution in [0.2, 0.25) is 0 Å². The van der Waals surface area contributed by atoms with Crippen molar-refractivity contribution < 1.29 is 14.3 Å². The van der Waals surface area contributed by atoms with Gasteiger partial charge < -0.3 is 10.1 Å². The number of Topliss-reactive ketones (excluding diaryl/α,β-unsaturated/α-hetero) is 1. The summed E-state index contributed by atoms with van der Waals surface area (Å²) in [6.45, 7) is 4.75. The Kier molecular flexibility index (Phi) is 7.30. The SMILES string of the molecule is CCOC(=O)c1ccc(NCCC(=O)CBr)cc1CC. The van der Waals surface area contributed by atoms with Crippen LogP contribution in [0.25, 0.3) is 0 Å². The van der Waals surface area contributed by atoms with Crippen molar-refractivity contribution in [1.29, 1.82) is 0 Å². The molecule has 20 heavy (non-hydrogen) atoms. The molecule has 0 saturated carbocycles. The molecular weight excluding hydrogens is 322 g/mol. The Balaban J connectivity index is 2.71. The van der Waals surface area contributed by atoms with Gasteiger partial charge in [-0.2, -0.15) is 0 Å². The van der Waals surface area contributed by atoms with Crippen LogP contribution in [-0.4, -0.2) is 30.2 Å². The van der Waals surface area contributed by atoms with Crippen LogP contribution in [0.3, 0.4) is 0 Å². The van der Waals surface area contributed by atoms with Crippen LogP contribution < -0.4 is 5.32 Å². The van der Waals surface area contributed by atoms with Crippen molar-refractivity contribution in [3.63, 3.8) is 0 Å². The second kappa shape index (κ2) is 8.74. The average Bonchev–Trinajstić information content (AvgIpc) is 2.47. The summed E-state index contributed by atoms with van der Waals surface area (Å²) < 4.78 is 5.03. The molecule has 0 amide bonds. The first-order valence-electron chi connectivity index (χ1n) is 6.73. The fraction of sp³-hybridized carbons (Fsp3) is 0.467. The Hall–Kier alpha value is -1.36. The molecule has 4 nitrogen and oxygen atoms in total. The van der Waals surface area contributed by atoms with Gasteiger partial charge in [-0.25, -0.2) is 4.79 Å². The number of halogens is 1. The van der Waals surface area contributed by atoms with E-state index in [1.807, 2.05) is 19.1 Å². The lowest BCUT2D eigenvalue weighted by Crippen LogP contribution is -2.11. The predicted octanol–water partition coefficient (Wildman–Crippen LogP) is 3.19. The van der Waals surface area contributed by atoms with Crippen molar-refractivity contribution in [2.24, 2.45) is 0 Å². The van der Waals surface area contributed by atoms with E-state index in [2.05, 4.69) is 21.2 Å². The van der Waals surface area contributed by atoms with Crippen LogP contribution in [0, 0.1) is 0 Å². The van der Waals surface area contributed by atoms with Crippen molar-refractivity contribution in [3.05, 3.63) is 29.3 Å².